The standard InChI is InChI=1S/C20H11N3O3S2/c21-11-14(20-22-17(12-28-20)19-5-2-8-27-19)10-16-6-7-18(26-16)13-3-1-4-15(9-13)23(24)25/h1-10,12H. The van der Waals surface area contributed by atoms with Gasteiger partial charge in [0.05, 0.1) is 21.1 Å². The summed E-state index contributed by atoms with van der Waals surface area (Å²) in [7, 11) is 0. The van der Waals surface area contributed by atoms with Crippen molar-refractivity contribution >= 4 is 40.0 Å². The van der Waals surface area contributed by atoms with Gasteiger partial charge < -0.3 is 4.42 Å². The van der Waals surface area contributed by atoms with Gasteiger partial charge in [0.15, 0.2) is 0 Å². The molecular weight excluding hydrogens is 394 g/mol. The fourth-order valence-corrected chi connectivity index (χ4v) is 4.12. The summed E-state index contributed by atoms with van der Waals surface area (Å²) in [6.07, 6.45) is 1.62. The van der Waals surface area contributed by atoms with Crippen molar-refractivity contribution in [3.05, 3.63) is 80.2 Å². The van der Waals surface area contributed by atoms with Gasteiger partial charge in [0.2, 0.25) is 0 Å². The van der Waals surface area contributed by atoms with E-state index in [1.54, 1.807) is 41.7 Å². The van der Waals surface area contributed by atoms with E-state index in [1.807, 2.05) is 22.9 Å². The molecule has 0 atom stereocenters. The zero-order valence-electron chi connectivity index (χ0n) is 14.2. The number of rotatable bonds is 5. The van der Waals surface area contributed by atoms with Gasteiger partial charge in [-0.05, 0) is 23.6 Å². The normalized spacial score (nSPS) is 11.3. The molecule has 3 heterocycles. The Hall–Kier alpha value is -3.54. The van der Waals surface area contributed by atoms with Crippen LogP contribution < -0.4 is 0 Å². The van der Waals surface area contributed by atoms with Crippen LogP contribution >= 0.6 is 22.7 Å². The molecule has 0 fully saturated rings. The fourth-order valence-electron chi connectivity index (χ4n) is 2.58. The van der Waals surface area contributed by atoms with E-state index in [-0.39, 0.29) is 5.69 Å². The molecule has 0 aliphatic carbocycles. The number of furan rings is 1. The van der Waals surface area contributed by atoms with E-state index in [2.05, 4.69) is 11.1 Å². The molecule has 0 aliphatic heterocycles. The fraction of sp³-hybridized carbons (Fsp3) is 0. The van der Waals surface area contributed by atoms with Crippen molar-refractivity contribution in [2.75, 3.05) is 0 Å². The maximum Gasteiger partial charge on any atom is 0.270 e. The Morgan fingerprint density at radius 2 is 2.11 bits per heavy atom. The van der Waals surface area contributed by atoms with Gasteiger partial charge in [0.1, 0.15) is 22.6 Å². The number of thiazole rings is 1. The van der Waals surface area contributed by atoms with Crippen LogP contribution in [0.1, 0.15) is 10.8 Å². The lowest BCUT2D eigenvalue weighted by atomic mass is 10.1. The third kappa shape index (κ3) is 3.62. The largest absolute Gasteiger partial charge is 0.457 e. The van der Waals surface area contributed by atoms with Crippen LogP contribution in [0.25, 0.3) is 33.5 Å². The number of nitro benzene ring substituents is 1. The number of benzene rings is 1. The summed E-state index contributed by atoms with van der Waals surface area (Å²) in [5, 5.41) is 25.0. The number of allylic oxidation sites excluding steroid dienone is 1. The van der Waals surface area contributed by atoms with Gasteiger partial charge in [-0.3, -0.25) is 10.1 Å². The zero-order chi connectivity index (χ0) is 19.5. The summed E-state index contributed by atoms with van der Waals surface area (Å²) in [4.78, 5) is 16.1. The highest BCUT2D eigenvalue weighted by atomic mass is 32.1. The minimum atomic E-state index is -0.450. The second-order valence-corrected chi connectivity index (χ2v) is 7.50. The molecule has 0 spiro atoms. The van der Waals surface area contributed by atoms with Crippen LogP contribution in [0.5, 0.6) is 0 Å². The van der Waals surface area contributed by atoms with Crippen molar-refractivity contribution in [3.63, 3.8) is 0 Å². The van der Waals surface area contributed by atoms with Crippen molar-refractivity contribution in [1.29, 1.82) is 5.26 Å². The van der Waals surface area contributed by atoms with Gasteiger partial charge >= 0.3 is 0 Å². The first-order valence-electron chi connectivity index (χ1n) is 8.10. The van der Waals surface area contributed by atoms with Gasteiger partial charge in [-0.25, -0.2) is 4.98 Å². The Bertz CT molecular complexity index is 1210. The number of hydrogen-bond donors (Lipinski definition) is 0. The minimum Gasteiger partial charge on any atom is -0.457 e. The maximum atomic E-state index is 10.9. The van der Waals surface area contributed by atoms with Crippen LogP contribution in [-0.2, 0) is 0 Å². The third-order valence-electron chi connectivity index (χ3n) is 3.88. The first-order chi connectivity index (χ1) is 13.6. The van der Waals surface area contributed by atoms with Crippen molar-refractivity contribution in [3.8, 4) is 28.0 Å². The molecule has 4 rings (SSSR count). The number of aromatic nitrogens is 1. The monoisotopic (exact) mass is 405 g/mol. The molecule has 8 heteroatoms. The number of thiophene rings is 1. The lowest BCUT2D eigenvalue weighted by Crippen LogP contribution is -1.87. The summed E-state index contributed by atoms with van der Waals surface area (Å²) < 4.78 is 5.77. The number of hydrogen-bond acceptors (Lipinski definition) is 7. The number of non-ortho nitro benzene ring substituents is 1. The molecular formula is C20H11N3O3S2. The molecule has 0 saturated carbocycles. The zero-order valence-corrected chi connectivity index (χ0v) is 15.9. The maximum absolute atomic E-state index is 10.9. The molecule has 136 valence electrons. The first-order valence-corrected chi connectivity index (χ1v) is 9.86. The molecule has 6 nitrogen and oxygen atoms in total. The summed E-state index contributed by atoms with van der Waals surface area (Å²) in [5.41, 5.74) is 1.83. The third-order valence-corrected chi connectivity index (χ3v) is 5.65. The van der Waals surface area contributed by atoms with E-state index in [9.17, 15) is 15.4 Å². The van der Waals surface area contributed by atoms with E-state index in [0.717, 1.165) is 10.6 Å². The molecule has 0 N–H and O–H groups in total. The molecule has 28 heavy (non-hydrogen) atoms. The Kier molecular flexibility index (Phi) is 4.85. The Morgan fingerprint density at radius 3 is 2.86 bits per heavy atom. The lowest BCUT2D eigenvalue weighted by molar-refractivity contribution is -0.384. The Balaban J connectivity index is 1.63. The van der Waals surface area contributed by atoms with Gasteiger partial charge in [-0.2, -0.15) is 5.26 Å². The van der Waals surface area contributed by atoms with E-state index >= 15 is 0 Å². The predicted molar refractivity (Wildman–Crippen MR) is 110 cm³/mol. The van der Waals surface area contributed by atoms with Crippen LogP contribution in [0, 0.1) is 21.4 Å². The number of nitrogens with zero attached hydrogens (tertiary/aromatic N) is 3. The molecule has 3 aromatic heterocycles. The highest BCUT2D eigenvalue weighted by molar-refractivity contribution is 7.14. The first kappa shape index (κ1) is 17.9. The average molecular weight is 405 g/mol. The van der Waals surface area contributed by atoms with Crippen LogP contribution in [-0.4, -0.2) is 9.91 Å². The quantitative estimate of drug-likeness (QED) is 0.227. The van der Waals surface area contributed by atoms with E-state index < -0.39 is 4.92 Å². The Morgan fingerprint density at radius 1 is 1.21 bits per heavy atom. The van der Waals surface area contributed by atoms with Crippen molar-refractivity contribution in [2.45, 2.75) is 0 Å². The molecule has 0 saturated heterocycles. The SMILES string of the molecule is N#CC(=Cc1ccc(-c2cccc([N+](=O)[O-])c2)o1)c1nc(-c2cccs2)cs1. The molecule has 0 unspecified atom stereocenters. The molecule has 0 radical (unpaired) electrons. The lowest BCUT2D eigenvalue weighted by Gasteiger charge is -1.97. The summed E-state index contributed by atoms with van der Waals surface area (Å²) in [6.45, 7) is 0. The molecule has 1 aromatic carbocycles. The molecule has 0 amide bonds. The summed E-state index contributed by atoms with van der Waals surface area (Å²) in [5.74, 6) is 0.969. The summed E-state index contributed by atoms with van der Waals surface area (Å²) >= 11 is 2.99. The molecule has 0 bridgehead atoms. The van der Waals surface area contributed by atoms with E-state index in [4.69, 9.17) is 4.42 Å². The van der Waals surface area contributed by atoms with Crippen LogP contribution in [0.4, 0.5) is 5.69 Å². The topological polar surface area (TPSA) is 93.0 Å². The van der Waals surface area contributed by atoms with E-state index in [0.29, 0.717) is 27.7 Å². The van der Waals surface area contributed by atoms with Crippen LogP contribution in [0.2, 0.25) is 0 Å². The predicted octanol–water partition coefficient (Wildman–Crippen LogP) is 6.10. The average Bonchev–Trinajstić information content (AvgIpc) is 3.47. The van der Waals surface area contributed by atoms with Crippen LogP contribution in [0.15, 0.2) is 63.7 Å². The van der Waals surface area contributed by atoms with Crippen LogP contribution in [0.3, 0.4) is 0 Å². The number of nitriles is 1. The highest BCUT2D eigenvalue weighted by Crippen LogP contribution is 2.31. The van der Waals surface area contributed by atoms with Gasteiger partial charge in [0.25, 0.3) is 5.69 Å². The van der Waals surface area contributed by atoms with Crippen molar-refractivity contribution in [2.24, 2.45) is 0 Å². The smallest absolute Gasteiger partial charge is 0.270 e. The van der Waals surface area contributed by atoms with Gasteiger partial charge in [0, 0.05) is 29.2 Å². The van der Waals surface area contributed by atoms with Crippen molar-refractivity contribution < 1.29 is 9.34 Å². The summed E-state index contributed by atoms with van der Waals surface area (Å²) in [6, 6.07) is 15.8. The molecule has 0 aliphatic rings. The number of nitro groups is 1. The minimum absolute atomic E-state index is 0.00685. The second kappa shape index (κ2) is 7.60. The van der Waals surface area contributed by atoms with Gasteiger partial charge in [-0.15, -0.1) is 22.7 Å². The Labute approximate surface area is 167 Å². The molecule has 4 aromatic rings. The van der Waals surface area contributed by atoms with E-state index in [1.165, 1.54) is 23.5 Å². The highest BCUT2D eigenvalue weighted by Gasteiger charge is 2.12. The van der Waals surface area contributed by atoms with Crippen molar-refractivity contribution in [1.82, 2.24) is 4.98 Å². The van der Waals surface area contributed by atoms with Gasteiger partial charge in [-0.1, -0.05) is 18.2 Å². The second-order valence-electron chi connectivity index (χ2n) is 5.69.